The second-order valence-corrected chi connectivity index (χ2v) is 13.2. The summed E-state index contributed by atoms with van der Waals surface area (Å²) in [6.07, 6.45) is 1.95. The van der Waals surface area contributed by atoms with Gasteiger partial charge in [0.2, 0.25) is 10.0 Å². The Kier molecular flexibility index (Phi) is 7.07. The highest BCUT2D eigenvalue weighted by molar-refractivity contribution is 7.89. The summed E-state index contributed by atoms with van der Waals surface area (Å²) < 4.78 is 28.8. The molecule has 1 aromatic heterocycles. The summed E-state index contributed by atoms with van der Waals surface area (Å²) in [6, 6.07) is 12.8. The zero-order valence-corrected chi connectivity index (χ0v) is 22.8. The zero-order chi connectivity index (χ0) is 25.4. The van der Waals surface area contributed by atoms with Gasteiger partial charge in [-0.3, -0.25) is 4.79 Å². The second kappa shape index (κ2) is 10.1. The number of anilines is 1. The van der Waals surface area contributed by atoms with Crippen LogP contribution in [0.1, 0.15) is 55.5 Å². The molecule has 192 valence electrons. The summed E-state index contributed by atoms with van der Waals surface area (Å²) in [5.74, 6) is 0.729. The number of hydrogen-bond donors (Lipinski definition) is 0. The number of sulfonamides is 1. The number of para-hydroxylation sites is 1. The molecule has 1 amide bonds. The first-order valence-corrected chi connectivity index (χ1v) is 15.0. The highest BCUT2D eigenvalue weighted by Gasteiger charge is 2.29. The monoisotopic (exact) mass is 526 g/mol. The van der Waals surface area contributed by atoms with Crippen LogP contribution in [0.4, 0.5) is 5.13 Å². The summed E-state index contributed by atoms with van der Waals surface area (Å²) in [7, 11) is -3.52. The summed E-state index contributed by atoms with van der Waals surface area (Å²) in [5.41, 5.74) is 2.88. The van der Waals surface area contributed by atoms with E-state index in [9.17, 15) is 13.2 Å². The lowest BCUT2D eigenvalue weighted by Crippen LogP contribution is -2.48. The molecule has 5 rings (SSSR count). The van der Waals surface area contributed by atoms with Gasteiger partial charge in [0.05, 0.1) is 15.1 Å². The van der Waals surface area contributed by atoms with Crippen molar-refractivity contribution in [2.75, 3.05) is 44.2 Å². The van der Waals surface area contributed by atoms with Gasteiger partial charge in [-0.2, -0.15) is 4.31 Å². The molecule has 3 heterocycles. The number of benzene rings is 2. The number of amides is 1. The zero-order valence-electron chi connectivity index (χ0n) is 21.2. The molecule has 2 saturated heterocycles. The molecule has 0 saturated carbocycles. The van der Waals surface area contributed by atoms with Crippen molar-refractivity contribution in [1.82, 2.24) is 14.2 Å². The second-order valence-electron chi connectivity index (χ2n) is 10.3. The largest absolute Gasteiger partial charge is 0.345 e. The molecule has 2 aromatic carbocycles. The van der Waals surface area contributed by atoms with Gasteiger partial charge in [0.15, 0.2) is 5.13 Å². The number of hydrogen-bond acceptors (Lipinski definition) is 6. The van der Waals surface area contributed by atoms with Gasteiger partial charge in [-0.25, -0.2) is 13.4 Å². The van der Waals surface area contributed by atoms with E-state index < -0.39 is 10.0 Å². The Labute approximate surface area is 217 Å². The fraction of sp³-hybridized carbons (Fsp3) is 0.481. The first kappa shape index (κ1) is 25.2. The normalized spacial score (nSPS) is 19.8. The molecule has 0 bridgehead atoms. The lowest BCUT2D eigenvalue weighted by atomic mass is 10.0. The van der Waals surface area contributed by atoms with Crippen molar-refractivity contribution >= 4 is 42.6 Å². The van der Waals surface area contributed by atoms with E-state index in [2.05, 4.69) is 43.9 Å². The third-order valence-electron chi connectivity index (χ3n) is 7.26. The molecule has 9 heteroatoms. The number of thiazole rings is 1. The molecule has 1 unspecified atom stereocenters. The highest BCUT2D eigenvalue weighted by Crippen LogP contribution is 2.34. The molecule has 0 N–H and O–H groups in total. The minimum absolute atomic E-state index is 0.0587. The van der Waals surface area contributed by atoms with E-state index in [4.69, 9.17) is 4.98 Å². The molecule has 7 nitrogen and oxygen atoms in total. The average molecular weight is 527 g/mol. The Bertz CT molecular complexity index is 1340. The van der Waals surface area contributed by atoms with Crippen LogP contribution in [0.5, 0.6) is 0 Å². The molecule has 0 aliphatic carbocycles. The van der Waals surface area contributed by atoms with Gasteiger partial charge in [0, 0.05) is 44.8 Å². The predicted octanol–water partition coefficient (Wildman–Crippen LogP) is 4.80. The van der Waals surface area contributed by atoms with Crippen molar-refractivity contribution in [1.29, 1.82) is 0 Å². The standard InChI is InChI=1S/C27H34N4O3S2/c1-19(2)23-7-4-8-24-25(23)28-27(35-24)30-16-14-29(15-17-30)26(32)21-9-11-22(12-10-21)36(33,34)31-13-5-6-20(3)18-31/h4,7-12,19-20H,5-6,13-18H2,1-3H3. The quantitative estimate of drug-likeness (QED) is 0.477. The van der Waals surface area contributed by atoms with E-state index in [1.165, 1.54) is 10.3 Å². The molecule has 0 spiro atoms. The molecule has 36 heavy (non-hydrogen) atoms. The van der Waals surface area contributed by atoms with Crippen molar-refractivity contribution in [2.45, 2.75) is 44.4 Å². The van der Waals surface area contributed by atoms with Gasteiger partial charge in [0.1, 0.15) is 0 Å². The van der Waals surface area contributed by atoms with Crippen molar-refractivity contribution in [3.05, 3.63) is 53.6 Å². The number of fused-ring (bicyclic) bond motifs is 1. The fourth-order valence-electron chi connectivity index (χ4n) is 5.13. The topological polar surface area (TPSA) is 73.8 Å². The smallest absolute Gasteiger partial charge is 0.253 e. The van der Waals surface area contributed by atoms with E-state index >= 15 is 0 Å². The maximum absolute atomic E-state index is 13.1. The number of piperidine rings is 1. The van der Waals surface area contributed by atoms with E-state index in [1.807, 2.05) is 4.90 Å². The van der Waals surface area contributed by atoms with Crippen LogP contribution in [0.25, 0.3) is 10.2 Å². The van der Waals surface area contributed by atoms with Crippen LogP contribution >= 0.6 is 11.3 Å². The minimum atomic E-state index is -3.52. The summed E-state index contributed by atoms with van der Waals surface area (Å²) in [5, 5.41) is 1.01. The van der Waals surface area contributed by atoms with Crippen molar-refractivity contribution in [3.8, 4) is 0 Å². The Morgan fingerprint density at radius 3 is 2.42 bits per heavy atom. The van der Waals surface area contributed by atoms with Crippen LogP contribution in [0.15, 0.2) is 47.4 Å². The van der Waals surface area contributed by atoms with Crippen LogP contribution in [0, 0.1) is 5.92 Å². The maximum Gasteiger partial charge on any atom is 0.253 e. The summed E-state index contributed by atoms with van der Waals surface area (Å²) in [4.78, 5) is 22.4. The molecule has 1 atom stereocenters. The first-order valence-electron chi connectivity index (χ1n) is 12.8. The van der Waals surface area contributed by atoms with Gasteiger partial charge in [-0.05, 0) is 60.6 Å². The molecule has 2 fully saturated rings. The Hall–Kier alpha value is -2.49. The Morgan fingerprint density at radius 2 is 1.75 bits per heavy atom. The predicted molar refractivity (Wildman–Crippen MR) is 145 cm³/mol. The molecule has 3 aromatic rings. The number of rotatable bonds is 5. The first-order chi connectivity index (χ1) is 17.2. The van der Waals surface area contributed by atoms with Crippen molar-refractivity contribution in [3.63, 3.8) is 0 Å². The summed E-state index contributed by atoms with van der Waals surface area (Å²) in [6.45, 7) is 10.2. The number of aromatic nitrogens is 1. The molecular weight excluding hydrogens is 492 g/mol. The van der Waals surface area contributed by atoms with Crippen LogP contribution in [-0.2, 0) is 10.0 Å². The Morgan fingerprint density at radius 1 is 1.03 bits per heavy atom. The van der Waals surface area contributed by atoms with Crippen molar-refractivity contribution < 1.29 is 13.2 Å². The maximum atomic E-state index is 13.1. The van der Waals surface area contributed by atoms with E-state index in [-0.39, 0.29) is 10.8 Å². The number of carbonyl (C=O) groups excluding carboxylic acids is 1. The average Bonchev–Trinajstić information content (AvgIpc) is 3.33. The van der Waals surface area contributed by atoms with Gasteiger partial charge in [-0.1, -0.05) is 44.2 Å². The molecular formula is C27H34N4O3S2. The van der Waals surface area contributed by atoms with E-state index in [0.29, 0.717) is 43.6 Å². The number of carbonyl (C=O) groups is 1. The SMILES string of the molecule is CC1CCCN(S(=O)(=O)c2ccc(C(=O)N3CCN(c4nc5c(C(C)C)cccc5s4)CC3)cc2)C1. The fourth-order valence-corrected chi connectivity index (χ4v) is 7.78. The number of nitrogens with zero attached hydrogens (tertiary/aromatic N) is 4. The number of piperazine rings is 1. The minimum Gasteiger partial charge on any atom is -0.345 e. The van der Waals surface area contributed by atoms with Gasteiger partial charge < -0.3 is 9.80 Å². The van der Waals surface area contributed by atoms with Crippen LogP contribution in [0.3, 0.4) is 0 Å². The van der Waals surface area contributed by atoms with Gasteiger partial charge in [-0.15, -0.1) is 0 Å². The van der Waals surface area contributed by atoms with Crippen molar-refractivity contribution in [2.24, 2.45) is 5.92 Å². The van der Waals surface area contributed by atoms with Crippen LogP contribution in [-0.4, -0.2) is 67.8 Å². The van der Waals surface area contributed by atoms with Gasteiger partial charge in [0.25, 0.3) is 5.91 Å². The molecule has 2 aliphatic heterocycles. The third kappa shape index (κ3) is 4.88. The lowest BCUT2D eigenvalue weighted by Gasteiger charge is -2.34. The third-order valence-corrected chi connectivity index (χ3v) is 10.2. The van der Waals surface area contributed by atoms with Gasteiger partial charge >= 0.3 is 0 Å². The lowest BCUT2D eigenvalue weighted by molar-refractivity contribution is 0.0746. The summed E-state index contributed by atoms with van der Waals surface area (Å²) >= 11 is 1.71. The van der Waals surface area contributed by atoms with Crippen LogP contribution < -0.4 is 4.90 Å². The molecule has 0 radical (unpaired) electrons. The van der Waals surface area contributed by atoms with Crippen LogP contribution in [0.2, 0.25) is 0 Å². The Balaban J connectivity index is 1.24. The van der Waals surface area contributed by atoms with E-state index in [1.54, 1.807) is 39.9 Å². The molecule has 2 aliphatic rings. The highest BCUT2D eigenvalue weighted by atomic mass is 32.2. The van der Waals surface area contributed by atoms with E-state index in [0.717, 1.165) is 36.6 Å².